The fourth-order valence-corrected chi connectivity index (χ4v) is 5.92. The van der Waals surface area contributed by atoms with Crippen LogP contribution in [-0.4, -0.2) is 31.8 Å². The van der Waals surface area contributed by atoms with E-state index in [-0.39, 0.29) is 11.2 Å². The number of primary amides is 1. The van der Waals surface area contributed by atoms with Gasteiger partial charge in [0.2, 0.25) is 5.91 Å². The lowest BCUT2D eigenvalue weighted by Crippen LogP contribution is -2.24. The molecule has 27 heavy (non-hydrogen) atoms. The fraction of sp³-hybridized carbons (Fsp3) is 0.556. The van der Waals surface area contributed by atoms with Gasteiger partial charge in [-0.2, -0.15) is 0 Å². The lowest BCUT2D eigenvalue weighted by molar-refractivity contribution is -0.115. The highest BCUT2D eigenvalue weighted by molar-refractivity contribution is 8.00. The number of thiophene rings is 1. The number of nitrogens with one attached hydrogen (secondary N) is 1. The maximum Gasteiger partial charge on any atom is 0.251 e. The quantitative estimate of drug-likeness (QED) is 0.745. The molecule has 1 atom stereocenters. The topological polar surface area (TPSA) is 103 Å². The van der Waals surface area contributed by atoms with E-state index in [9.17, 15) is 9.59 Å². The zero-order valence-electron chi connectivity index (χ0n) is 15.3. The summed E-state index contributed by atoms with van der Waals surface area (Å²) in [5.41, 5.74) is 7.09. The zero-order valence-corrected chi connectivity index (χ0v) is 16.9. The Kier molecular flexibility index (Phi) is 5.23. The first-order valence-corrected chi connectivity index (χ1v) is 11.1. The molecule has 0 bridgehead atoms. The Morgan fingerprint density at radius 2 is 2.04 bits per heavy atom. The van der Waals surface area contributed by atoms with E-state index in [1.807, 2.05) is 6.92 Å². The summed E-state index contributed by atoms with van der Waals surface area (Å²) < 4.78 is 2.13. The lowest BCUT2D eigenvalue weighted by atomic mass is 10.1. The molecule has 0 aromatic carbocycles. The predicted octanol–water partition coefficient (Wildman–Crippen LogP) is 2.77. The molecule has 2 amide bonds. The normalized spacial score (nSPS) is 17.1. The SMILES string of the molecule is C[C@H](Sc1nnc2n1CCCCC2)C(=O)Nc1sc2c(c1C(N)=O)CCC2. The Hall–Kier alpha value is -1.87. The first-order chi connectivity index (χ1) is 13.0. The molecule has 2 aromatic heterocycles. The van der Waals surface area contributed by atoms with Gasteiger partial charge in [-0.1, -0.05) is 18.2 Å². The molecule has 1 aliphatic heterocycles. The second kappa shape index (κ2) is 7.63. The molecular formula is C18H23N5O2S2. The molecule has 3 N–H and O–H groups in total. The van der Waals surface area contributed by atoms with Crippen molar-refractivity contribution in [1.82, 2.24) is 14.8 Å². The summed E-state index contributed by atoms with van der Waals surface area (Å²) in [6.45, 7) is 2.76. The van der Waals surface area contributed by atoms with E-state index >= 15 is 0 Å². The number of rotatable bonds is 5. The Bertz CT molecular complexity index is 889. The number of carbonyl (C=O) groups is 2. The summed E-state index contributed by atoms with van der Waals surface area (Å²) in [5, 5.41) is 12.5. The van der Waals surface area contributed by atoms with Crippen molar-refractivity contribution < 1.29 is 9.59 Å². The Balaban J connectivity index is 1.48. The van der Waals surface area contributed by atoms with Crippen molar-refractivity contribution in [3.8, 4) is 0 Å². The molecule has 0 unspecified atom stereocenters. The molecule has 0 spiro atoms. The third-order valence-corrected chi connectivity index (χ3v) is 7.42. The molecule has 7 nitrogen and oxygen atoms in total. The molecule has 2 aliphatic rings. The number of anilines is 1. The minimum atomic E-state index is -0.465. The Morgan fingerprint density at radius 3 is 2.85 bits per heavy atom. The van der Waals surface area contributed by atoms with Crippen LogP contribution in [0.25, 0.3) is 0 Å². The van der Waals surface area contributed by atoms with E-state index in [4.69, 9.17) is 5.73 Å². The zero-order chi connectivity index (χ0) is 19.0. The molecular weight excluding hydrogens is 382 g/mol. The van der Waals surface area contributed by atoms with Crippen LogP contribution in [0.3, 0.4) is 0 Å². The average Bonchev–Trinajstić information content (AvgIpc) is 3.25. The van der Waals surface area contributed by atoms with Crippen LogP contribution in [0, 0.1) is 0 Å². The molecule has 4 rings (SSSR count). The number of hydrogen-bond acceptors (Lipinski definition) is 6. The van der Waals surface area contributed by atoms with Gasteiger partial charge in [-0.05, 0) is 44.6 Å². The van der Waals surface area contributed by atoms with Crippen LogP contribution in [-0.2, 0) is 30.6 Å². The van der Waals surface area contributed by atoms with Gasteiger partial charge >= 0.3 is 0 Å². The lowest BCUT2D eigenvalue weighted by Gasteiger charge is -2.13. The van der Waals surface area contributed by atoms with Crippen LogP contribution in [0.1, 0.15) is 59.2 Å². The molecule has 1 aliphatic carbocycles. The summed E-state index contributed by atoms with van der Waals surface area (Å²) in [6, 6.07) is 0. The highest BCUT2D eigenvalue weighted by atomic mass is 32.2. The number of nitrogens with two attached hydrogens (primary N) is 1. The van der Waals surface area contributed by atoms with Crippen molar-refractivity contribution in [2.24, 2.45) is 5.73 Å². The van der Waals surface area contributed by atoms with Crippen LogP contribution in [0.4, 0.5) is 5.00 Å². The summed E-state index contributed by atoms with van der Waals surface area (Å²) in [7, 11) is 0. The number of carbonyl (C=O) groups excluding carboxylic acids is 2. The van der Waals surface area contributed by atoms with Gasteiger partial charge in [0.1, 0.15) is 10.8 Å². The van der Waals surface area contributed by atoms with Gasteiger partial charge in [0.05, 0.1) is 10.8 Å². The Labute approximate surface area is 166 Å². The molecule has 2 aromatic rings. The number of amides is 2. The number of aryl methyl sites for hydroxylation is 2. The average molecular weight is 406 g/mol. The molecule has 0 fully saturated rings. The number of thioether (sulfide) groups is 1. The van der Waals surface area contributed by atoms with Gasteiger partial charge in [0.15, 0.2) is 5.16 Å². The van der Waals surface area contributed by atoms with Crippen molar-refractivity contribution >= 4 is 39.9 Å². The second-order valence-corrected chi connectivity index (χ2v) is 9.45. The van der Waals surface area contributed by atoms with E-state index in [2.05, 4.69) is 20.1 Å². The minimum absolute atomic E-state index is 0.145. The second-order valence-electron chi connectivity index (χ2n) is 7.04. The van der Waals surface area contributed by atoms with Crippen LogP contribution in [0.5, 0.6) is 0 Å². The number of nitrogens with zero attached hydrogens (tertiary/aromatic N) is 3. The van der Waals surface area contributed by atoms with E-state index in [0.29, 0.717) is 10.6 Å². The van der Waals surface area contributed by atoms with Gasteiger partial charge in [-0.25, -0.2) is 0 Å². The monoisotopic (exact) mass is 405 g/mol. The van der Waals surface area contributed by atoms with Crippen LogP contribution in [0.2, 0.25) is 0 Å². The van der Waals surface area contributed by atoms with Gasteiger partial charge in [0, 0.05) is 17.8 Å². The highest BCUT2D eigenvalue weighted by Gasteiger charge is 2.28. The maximum atomic E-state index is 12.7. The predicted molar refractivity (Wildman–Crippen MR) is 106 cm³/mol. The van der Waals surface area contributed by atoms with Crippen molar-refractivity contribution in [2.75, 3.05) is 5.32 Å². The minimum Gasteiger partial charge on any atom is -0.365 e. The van der Waals surface area contributed by atoms with Crippen molar-refractivity contribution in [3.05, 3.63) is 21.8 Å². The third kappa shape index (κ3) is 3.62. The first kappa shape index (κ1) is 18.5. The molecule has 3 heterocycles. The highest BCUT2D eigenvalue weighted by Crippen LogP contribution is 2.39. The summed E-state index contributed by atoms with van der Waals surface area (Å²) in [4.78, 5) is 25.8. The summed E-state index contributed by atoms with van der Waals surface area (Å²) >= 11 is 2.89. The summed E-state index contributed by atoms with van der Waals surface area (Å²) in [5.74, 6) is 0.398. The van der Waals surface area contributed by atoms with Gasteiger partial charge in [-0.15, -0.1) is 21.5 Å². The van der Waals surface area contributed by atoms with Gasteiger partial charge in [-0.3, -0.25) is 9.59 Å². The standard InChI is InChI=1S/C18H23N5O2S2/c1-10(26-18-22-21-13-8-3-2-4-9-23(13)18)16(25)20-17-14(15(19)24)11-6-5-7-12(11)27-17/h10H,2-9H2,1H3,(H2,19,24)(H,20,25)/t10-/m0/s1. The van der Waals surface area contributed by atoms with Gasteiger partial charge < -0.3 is 15.6 Å². The Morgan fingerprint density at radius 1 is 1.19 bits per heavy atom. The maximum absolute atomic E-state index is 12.7. The molecule has 0 saturated carbocycles. The molecule has 0 radical (unpaired) electrons. The molecule has 144 valence electrons. The van der Waals surface area contributed by atoms with Crippen molar-refractivity contribution in [3.63, 3.8) is 0 Å². The van der Waals surface area contributed by atoms with Gasteiger partial charge in [0.25, 0.3) is 5.91 Å². The van der Waals surface area contributed by atoms with E-state index in [0.717, 1.165) is 61.6 Å². The molecule has 0 saturated heterocycles. The van der Waals surface area contributed by atoms with Crippen LogP contribution >= 0.6 is 23.1 Å². The smallest absolute Gasteiger partial charge is 0.251 e. The fourth-order valence-electron chi connectivity index (χ4n) is 3.72. The number of hydrogen-bond donors (Lipinski definition) is 2. The van der Waals surface area contributed by atoms with Crippen molar-refractivity contribution in [2.45, 2.75) is 68.8 Å². The first-order valence-electron chi connectivity index (χ1n) is 9.38. The van der Waals surface area contributed by atoms with Crippen LogP contribution < -0.4 is 11.1 Å². The van der Waals surface area contributed by atoms with Crippen molar-refractivity contribution in [1.29, 1.82) is 0 Å². The van der Waals surface area contributed by atoms with E-state index in [1.165, 1.54) is 34.4 Å². The largest absolute Gasteiger partial charge is 0.365 e. The molecule has 9 heteroatoms. The van der Waals surface area contributed by atoms with E-state index < -0.39 is 5.91 Å². The third-order valence-electron chi connectivity index (χ3n) is 5.13. The number of fused-ring (bicyclic) bond motifs is 2. The summed E-state index contributed by atoms with van der Waals surface area (Å²) in [6.07, 6.45) is 7.24. The van der Waals surface area contributed by atoms with E-state index in [1.54, 1.807) is 0 Å². The van der Waals surface area contributed by atoms with Crippen LogP contribution in [0.15, 0.2) is 5.16 Å². The number of aromatic nitrogens is 3.